The second-order valence-corrected chi connectivity index (χ2v) is 7.77. The van der Waals surface area contributed by atoms with Crippen LogP contribution in [0.25, 0.3) is 0 Å². The van der Waals surface area contributed by atoms with Crippen molar-refractivity contribution in [2.75, 3.05) is 19.6 Å². The Bertz CT molecular complexity index is 375. The molecule has 1 aromatic rings. The zero-order valence-corrected chi connectivity index (χ0v) is 12.4. The predicted molar refractivity (Wildman–Crippen MR) is 76.4 cm³/mol. The Kier molecular flexibility index (Phi) is 3.85. The van der Waals surface area contributed by atoms with E-state index in [2.05, 4.69) is 38.3 Å². The lowest BCUT2D eigenvalue weighted by molar-refractivity contribution is 0.312. The van der Waals surface area contributed by atoms with Crippen molar-refractivity contribution < 1.29 is 0 Å². The van der Waals surface area contributed by atoms with Gasteiger partial charge in [0.1, 0.15) is 0 Å². The minimum atomic E-state index is 0.874. The largest absolute Gasteiger partial charge is 0.312 e. The van der Waals surface area contributed by atoms with Gasteiger partial charge in [0.25, 0.3) is 0 Å². The first-order chi connectivity index (χ1) is 8.31. The Hall–Kier alpha value is 0.1000. The van der Waals surface area contributed by atoms with E-state index in [0.29, 0.717) is 0 Å². The van der Waals surface area contributed by atoms with Crippen LogP contribution < -0.4 is 5.32 Å². The summed E-state index contributed by atoms with van der Waals surface area (Å²) in [5.74, 6) is 0.874. The van der Waals surface area contributed by atoms with E-state index in [9.17, 15) is 0 Å². The van der Waals surface area contributed by atoms with Crippen LogP contribution >= 0.6 is 27.3 Å². The number of hydrogen-bond acceptors (Lipinski definition) is 3. The molecule has 0 amide bonds. The molecular formula is C13H19BrN2S. The molecule has 1 saturated carbocycles. The molecule has 2 aliphatic rings. The SMILES string of the molecule is Brc1ccc(CNCC2CCN(C3CC3)C2)s1. The fourth-order valence-electron chi connectivity index (χ4n) is 2.65. The summed E-state index contributed by atoms with van der Waals surface area (Å²) in [4.78, 5) is 4.11. The van der Waals surface area contributed by atoms with Crippen LogP contribution in [0.4, 0.5) is 0 Å². The van der Waals surface area contributed by atoms with Crippen LogP contribution in [-0.4, -0.2) is 30.6 Å². The maximum atomic E-state index is 3.60. The van der Waals surface area contributed by atoms with E-state index in [1.54, 1.807) is 0 Å². The molecule has 0 spiro atoms. The molecule has 1 atom stereocenters. The Morgan fingerprint density at radius 2 is 2.24 bits per heavy atom. The summed E-state index contributed by atoms with van der Waals surface area (Å²) in [5, 5.41) is 3.60. The zero-order valence-electron chi connectivity index (χ0n) is 9.99. The highest BCUT2D eigenvalue weighted by atomic mass is 79.9. The molecule has 0 aromatic carbocycles. The second-order valence-electron chi connectivity index (χ2n) is 5.22. The van der Waals surface area contributed by atoms with Gasteiger partial charge in [-0.1, -0.05) is 0 Å². The highest BCUT2D eigenvalue weighted by Crippen LogP contribution is 2.31. The summed E-state index contributed by atoms with van der Waals surface area (Å²) in [6, 6.07) is 5.28. The van der Waals surface area contributed by atoms with E-state index in [1.165, 1.54) is 47.6 Å². The summed E-state index contributed by atoms with van der Waals surface area (Å²) >= 11 is 5.33. The summed E-state index contributed by atoms with van der Waals surface area (Å²) in [6.45, 7) is 4.86. The molecule has 1 unspecified atom stereocenters. The van der Waals surface area contributed by atoms with E-state index in [1.807, 2.05) is 11.3 Å². The summed E-state index contributed by atoms with van der Waals surface area (Å²) in [6.07, 6.45) is 4.28. The third-order valence-corrected chi connectivity index (χ3v) is 5.37. The normalized spacial score (nSPS) is 25.6. The van der Waals surface area contributed by atoms with E-state index in [4.69, 9.17) is 0 Å². The lowest BCUT2D eigenvalue weighted by Crippen LogP contribution is -2.27. The van der Waals surface area contributed by atoms with Crippen LogP contribution in [-0.2, 0) is 6.54 Å². The van der Waals surface area contributed by atoms with Crippen LogP contribution in [0.2, 0.25) is 0 Å². The molecule has 17 heavy (non-hydrogen) atoms. The minimum absolute atomic E-state index is 0.874. The maximum absolute atomic E-state index is 3.60. The van der Waals surface area contributed by atoms with Gasteiger partial charge in [-0.25, -0.2) is 0 Å². The van der Waals surface area contributed by atoms with Gasteiger partial charge in [-0.15, -0.1) is 11.3 Å². The van der Waals surface area contributed by atoms with Gasteiger partial charge in [-0.05, 0) is 66.3 Å². The molecule has 1 N–H and O–H groups in total. The fourth-order valence-corrected chi connectivity index (χ4v) is 4.10. The van der Waals surface area contributed by atoms with Crippen molar-refractivity contribution in [2.24, 2.45) is 5.92 Å². The van der Waals surface area contributed by atoms with E-state index in [0.717, 1.165) is 18.5 Å². The van der Waals surface area contributed by atoms with Crippen LogP contribution in [0.5, 0.6) is 0 Å². The number of likely N-dealkylation sites (tertiary alicyclic amines) is 1. The van der Waals surface area contributed by atoms with Crippen molar-refractivity contribution >= 4 is 27.3 Å². The van der Waals surface area contributed by atoms with Gasteiger partial charge in [-0.3, -0.25) is 0 Å². The summed E-state index contributed by atoms with van der Waals surface area (Å²) in [5.41, 5.74) is 0. The van der Waals surface area contributed by atoms with Gasteiger partial charge in [0, 0.05) is 24.0 Å². The first-order valence-corrected chi connectivity index (χ1v) is 8.11. The number of halogens is 1. The minimum Gasteiger partial charge on any atom is -0.312 e. The Morgan fingerprint density at radius 3 is 2.94 bits per heavy atom. The molecule has 1 aliphatic heterocycles. The first-order valence-electron chi connectivity index (χ1n) is 6.50. The van der Waals surface area contributed by atoms with E-state index < -0.39 is 0 Å². The van der Waals surface area contributed by atoms with Crippen molar-refractivity contribution in [1.29, 1.82) is 0 Å². The lowest BCUT2D eigenvalue weighted by Gasteiger charge is -2.14. The van der Waals surface area contributed by atoms with Crippen LogP contribution in [0.3, 0.4) is 0 Å². The van der Waals surface area contributed by atoms with Crippen molar-refractivity contribution in [3.05, 3.63) is 20.8 Å². The number of nitrogens with one attached hydrogen (secondary N) is 1. The monoisotopic (exact) mass is 314 g/mol. The van der Waals surface area contributed by atoms with Crippen molar-refractivity contribution in [1.82, 2.24) is 10.2 Å². The molecule has 4 heteroatoms. The zero-order chi connectivity index (χ0) is 11.7. The average Bonchev–Trinajstić information content (AvgIpc) is 2.93. The van der Waals surface area contributed by atoms with Crippen molar-refractivity contribution in [3.8, 4) is 0 Å². The smallest absolute Gasteiger partial charge is 0.0701 e. The molecule has 2 nitrogen and oxygen atoms in total. The molecule has 0 bridgehead atoms. The van der Waals surface area contributed by atoms with E-state index in [-0.39, 0.29) is 0 Å². The molecule has 2 fully saturated rings. The Morgan fingerprint density at radius 1 is 1.35 bits per heavy atom. The van der Waals surface area contributed by atoms with Gasteiger partial charge in [-0.2, -0.15) is 0 Å². The van der Waals surface area contributed by atoms with Crippen LogP contribution in [0, 0.1) is 5.92 Å². The van der Waals surface area contributed by atoms with Gasteiger partial charge in [0.15, 0.2) is 0 Å². The molecule has 0 radical (unpaired) electrons. The molecule has 2 heterocycles. The summed E-state index contributed by atoms with van der Waals surface area (Å²) in [7, 11) is 0. The van der Waals surface area contributed by atoms with Gasteiger partial charge < -0.3 is 10.2 Å². The van der Waals surface area contributed by atoms with Crippen LogP contribution in [0.15, 0.2) is 15.9 Å². The second kappa shape index (κ2) is 5.39. The molecular weight excluding hydrogens is 296 g/mol. The summed E-state index contributed by atoms with van der Waals surface area (Å²) < 4.78 is 1.23. The molecule has 94 valence electrons. The fraction of sp³-hybridized carbons (Fsp3) is 0.692. The Labute approximate surface area is 116 Å². The quantitative estimate of drug-likeness (QED) is 0.898. The number of thiophene rings is 1. The highest BCUT2D eigenvalue weighted by molar-refractivity contribution is 9.11. The lowest BCUT2D eigenvalue weighted by atomic mass is 10.1. The third-order valence-electron chi connectivity index (χ3n) is 3.74. The third kappa shape index (κ3) is 3.31. The molecule has 3 rings (SSSR count). The van der Waals surface area contributed by atoms with Crippen molar-refractivity contribution in [2.45, 2.75) is 31.8 Å². The molecule has 1 aromatic heterocycles. The standard InChI is InChI=1S/C13H19BrN2S/c14-13-4-3-12(17-13)8-15-7-10-5-6-16(9-10)11-1-2-11/h3-4,10-11,15H,1-2,5-9H2. The van der Waals surface area contributed by atoms with Gasteiger partial charge >= 0.3 is 0 Å². The van der Waals surface area contributed by atoms with E-state index >= 15 is 0 Å². The van der Waals surface area contributed by atoms with Gasteiger partial charge in [0.2, 0.25) is 0 Å². The Balaban J connectivity index is 1.37. The number of nitrogens with zero attached hydrogens (tertiary/aromatic N) is 1. The maximum Gasteiger partial charge on any atom is 0.0701 e. The first kappa shape index (κ1) is 12.2. The highest BCUT2D eigenvalue weighted by Gasteiger charge is 2.33. The molecule has 1 saturated heterocycles. The average molecular weight is 315 g/mol. The number of rotatable bonds is 5. The molecule has 1 aliphatic carbocycles. The number of hydrogen-bond donors (Lipinski definition) is 1. The topological polar surface area (TPSA) is 15.3 Å². The van der Waals surface area contributed by atoms with Gasteiger partial charge in [0.05, 0.1) is 3.79 Å². The predicted octanol–water partition coefficient (Wildman–Crippen LogP) is 3.08. The van der Waals surface area contributed by atoms with Crippen LogP contribution in [0.1, 0.15) is 24.1 Å². The van der Waals surface area contributed by atoms with Crippen molar-refractivity contribution in [3.63, 3.8) is 0 Å².